The van der Waals surface area contributed by atoms with Gasteiger partial charge in [0.05, 0.1) is 11.4 Å². The molecule has 9 heavy (non-hydrogen) atoms. The molecule has 0 spiro atoms. The van der Waals surface area contributed by atoms with Gasteiger partial charge in [0.15, 0.2) is 6.29 Å². The monoisotopic (exact) mass is 192 g/mol. The topological polar surface area (TPSA) is 18.5 Å². The molecule has 0 saturated carbocycles. The molecule has 0 bridgehead atoms. The summed E-state index contributed by atoms with van der Waals surface area (Å²) in [5.41, 5.74) is 0. The Hall–Kier alpha value is 0.140. The lowest BCUT2D eigenvalue weighted by atomic mass is 10.3. The molecule has 0 aromatic heterocycles. The second-order valence-electron chi connectivity index (χ2n) is 1.84. The number of alkyl halides is 1. The van der Waals surface area contributed by atoms with Gasteiger partial charge in [0.25, 0.3) is 0 Å². The normalized spacial score (nSPS) is 34.9. The number of hydrogen-bond donors (Lipinski definition) is 0. The molecule has 1 heterocycles. The van der Waals surface area contributed by atoms with E-state index in [4.69, 9.17) is 9.47 Å². The lowest BCUT2D eigenvalue weighted by Crippen LogP contribution is -2.21. The van der Waals surface area contributed by atoms with E-state index in [2.05, 4.69) is 15.9 Å². The summed E-state index contributed by atoms with van der Waals surface area (Å²) in [6.07, 6.45) is 3.78. The highest BCUT2D eigenvalue weighted by atomic mass is 79.9. The van der Waals surface area contributed by atoms with Crippen molar-refractivity contribution in [2.24, 2.45) is 0 Å². The van der Waals surface area contributed by atoms with E-state index in [9.17, 15) is 0 Å². The van der Waals surface area contributed by atoms with Crippen LogP contribution in [0.3, 0.4) is 0 Å². The van der Waals surface area contributed by atoms with Crippen molar-refractivity contribution in [2.45, 2.75) is 11.1 Å². The van der Waals surface area contributed by atoms with Crippen LogP contribution in [0.25, 0.3) is 0 Å². The first-order valence-electron chi connectivity index (χ1n) is 2.79. The highest BCUT2D eigenvalue weighted by molar-refractivity contribution is 9.09. The summed E-state index contributed by atoms with van der Waals surface area (Å²) in [5.74, 6) is 0. The van der Waals surface area contributed by atoms with Crippen LogP contribution in [-0.4, -0.2) is 24.8 Å². The van der Waals surface area contributed by atoms with Gasteiger partial charge in [0.1, 0.15) is 0 Å². The molecule has 0 radical (unpaired) electrons. The smallest absolute Gasteiger partial charge is 0.176 e. The van der Waals surface area contributed by atoms with Gasteiger partial charge in [-0.05, 0) is 6.08 Å². The fourth-order valence-corrected chi connectivity index (χ4v) is 0.985. The molecule has 3 heteroatoms. The van der Waals surface area contributed by atoms with Gasteiger partial charge in [-0.25, -0.2) is 0 Å². The Balaban J connectivity index is 2.38. The van der Waals surface area contributed by atoms with E-state index in [1.807, 2.05) is 12.2 Å². The Morgan fingerprint density at radius 1 is 1.67 bits per heavy atom. The molecule has 0 N–H and O–H groups in total. The van der Waals surface area contributed by atoms with Gasteiger partial charge in [0, 0.05) is 7.11 Å². The zero-order chi connectivity index (χ0) is 6.69. The summed E-state index contributed by atoms with van der Waals surface area (Å²) in [6.45, 7) is 0.689. The molecule has 2 unspecified atom stereocenters. The minimum absolute atomic E-state index is 0.140. The maximum Gasteiger partial charge on any atom is 0.176 e. The molecule has 52 valence electrons. The minimum atomic E-state index is -0.140. The van der Waals surface area contributed by atoms with Gasteiger partial charge < -0.3 is 9.47 Å². The number of hydrogen-bond acceptors (Lipinski definition) is 2. The third-order valence-corrected chi connectivity index (χ3v) is 1.70. The van der Waals surface area contributed by atoms with E-state index in [0.717, 1.165) is 0 Å². The predicted octanol–water partition coefficient (Wildman–Crippen LogP) is 1.31. The standard InChI is InChI=1S/C6H9BrO2/c1-8-6-3-2-5(7)4-9-6/h2-3,5-6H,4H2,1H3. The number of halogens is 1. The molecule has 1 aliphatic rings. The number of methoxy groups -OCH3 is 1. The van der Waals surface area contributed by atoms with Crippen molar-refractivity contribution in [2.75, 3.05) is 13.7 Å². The van der Waals surface area contributed by atoms with E-state index < -0.39 is 0 Å². The summed E-state index contributed by atoms with van der Waals surface area (Å²) >= 11 is 3.38. The van der Waals surface area contributed by atoms with Gasteiger partial charge in [-0.2, -0.15) is 0 Å². The van der Waals surface area contributed by atoms with Gasteiger partial charge >= 0.3 is 0 Å². The third-order valence-electron chi connectivity index (χ3n) is 1.13. The van der Waals surface area contributed by atoms with Crippen molar-refractivity contribution in [1.82, 2.24) is 0 Å². The van der Waals surface area contributed by atoms with Crippen LogP contribution in [0.5, 0.6) is 0 Å². The first-order valence-corrected chi connectivity index (χ1v) is 3.71. The summed E-state index contributed by atoms with van der Waals surface area (Å²) in [7, 11) is 1.63. The predicted molar refractivity (Wildman–Crippen MR) is 38.6 cm³/mol. The van der Waals surface area contributed by atoms with Crippen molar-refractivity contribution < 1.29 is 9.47 Å². The molecular formula is C6H9BrO2. The fraction of sp³-hybridized carbons (Fsp3) is 0.667. The molecule has 2 nitrogen and oxygen atoms in total. The van der Waals surface area contributed by atoms with Gasteiger partial charge in [0.2, 0.25) is 0 Å². The zero-order valence-electron chi connectivity index (χ0n) is 5.21. The summed E-state index contributed by atoms with van der Waals surface area (Å²) in [6, 6.07) is 0. The average Bonchev–Trinajstić information content (AvgIpc) is 1.90. The van der Waals surface area contributed by atoms with Crippen LogP contribution >= 0.6 is 15.9 Å². The van der Waals surface area contributed by atoms with Crippen molar-refractivity contribution in [3.8, 4) is 0 Å². The van der Waals surface area contributed by atoms with Crippen LogP contribution in [-0.2, 0) is 9.47 Å². The molecule has 1 rings (SSSR count). The van der Waals surface area contributed by atoms with E-state index >= 15 is 0 Å². The highest BCUT2D eigenvalue weighted by Crippen LogP contribution is 2.11. The Labute approximate surface area is 63.0 Å². The van der Waals surface area contributed by atoms with Crippen LogP contribution in [0.1, 0.15) is 0 Å². The molecule has 0 aromatic rings. The number of ether oxygens (including phenoxy) is 2. The second-order valence-corrected chi connectivity index (χ2v) is 3.01. The van der Waals surface area contributed by atoms with Gasteiger partial charge in [-0.15, -0.1) is 0 Å². The Morgan fingerprint density at radius 3 is 2.89 bits per heavy atom. The molecule has 0 amide bonds. The Morgan fingerprint density at radius 2 is 2.44 bits per heavy atom. The van der Waals surface area contributed by atoms with Crippen LogP contribution in [0.4, 0.5) is 0 Å². The summed E-state index contributed by atoms with van der Waals surface area (Å²) in [5, 5.41) is 0. The molecule has 2 atom stereocenters. The molecular weight excluding hydrogens is 184 g/mol. The molecule has 0 saturated heterocycles. The van der Waals surface area contributed by atoms with Crippen LogP contribution < -0.4 is 0 Å². The first kappa shape index (κ1) is 7.25. The van der Waals surface area contributed by atoms with Gasteiger partial charge in [-0.3, -0.25) is 0 Å². The van der Waals surface area contributed by atoms with Crippen LogP contribution in [0.15, 0.2) is 12.2 Å². The van der Waals surface area contributed by atoms with Gasteiger partial charge in [-0.1, -0.05) is 22.0 Å². The molecule has 0 aromatic carbocycles. The summed E-state index contributed by atoms with van der Waals surface area (Å²) in [4.78, 5) is 0.351. The Bertz CT molecular complexity index is 114. The lowest BCUT2D eigenvalue weighted by molar-refractivity contribution is -0.0930. The van der Waals surface area contributed by atoms with E-state index in [1.54, 1.807) is 7.11 Å². The largest absolute Gasteiger partial charge is 0.352 e. The summed E-state index contributed by atoms with van der Waals surface area (Å²) < 4.78 is 10.1. The van der Waals surface area contributed by atoms with Crippen molar-refractivity contribution in [3.63, 3.8) is 0 Å². The lowest BCUT2D eigenvalue weighted by Gasteiger charge is -2.18. The van der Waals surface area contributed by atoms with E-state index in [0.29, 0.717) is 11.4 Å². The van der Waals surface area contributed by atoms with E-state index in [-0.39, 0.29) is 6.29 Å². The molecule has 0 fully saturated rings. The quantitative estimate of drug-likeness (QED) is 0.461. The third kappa shape index (κ3) is 2.08. The van der Waals surface area contributed by atoms with Crippen molar-refractivity contribution in [3.05, 3.63) is 12.2 Å². The first-order chi connectivity index (χ1) is 4.33. The minimum Gasteiger partial charge on any atom is -0.352 e. The molecule has 1 aliphatic heterocycles. The van der Waals surface area contributed by atoms with E-state index in [1.165, 1.54) is 0 Å². The maximum absolute atomic E-state index is 5.18. The highest BCUT2D eigenvalue weighted by Gasteiger charge is 2.11. The zero-order valence-corrected chi connectivity index (χ0v) is 6.80. The van der Waals surface area contributed by atoms with Crippen LogP contribution in [0.2, 0.25) is 0 Å². The van der Waals surface area contributed by atoms with Crippen molar-refractivity contribution in [1.29, 1.82) is 0 Å². The number of rotatable bonds is 1. The maximum atomic E-state index is 5.18. The average molecular weight is 193 g/mol. The molecule has 0 aliphatic carbocycles. The van der Waals surface area contributed by atoms with Crippen molar-refractivity contribution >= 4 is 15.9 Å². The SMILES string of the molecule is COC1C=CC(Br)CO1. The second kappa shape index (κ2) is 3.34. The fourth-order valence-electron chi connectivity index (χ4n) is 0.656. The van der Waals surface area contributed by atoms with Crippen LogP contribution in [0, 0.1) is 0 Å². The Kier molecular flexibility index (Phi) is 2.69.